The van der Waals surface area contributed by atoms with Crippen LogP contribution in [-0.4, -0.2) is 16.1 Å². The third-order valence-electron chi connectivity index (χ3n) is 1.85. The smallest absolute Gasteiger partial charge is 0.307 e. The molecule has 15 heavy (non-hydrogen) atoms. The van der Waals surface area contributed by atoms with Crippen molar-refractivity contribution in [3.63, 3.8) is 0 Å². The number of hydrogen-bond acceptors (Lipinski definition) is 2. The Labute approximate surface area is 98.7 Å². The quantitative estimate of drug-likeness (QED) is 0.868. The van der Waals surface area contributed by atoms with Gasteiger partial charge in [-0.1, -0.05) is 0 Å². The topological polar surface area (TPSA) is 50.2 Å². The molecule has 0 radical (unpaired) electrons. The predicted molar refractivity (Wildman–Crippen MR) is 58.0 cm³/mol. The van der Waals surface area contributed by atoms with Gasteiger partial charge >= 0.3 is 5.97 Å². The van der Waals surface area contributed by atoms with Crippen LogP contribution in [0, 0.1) is 10.5 Å². The minimum absolute atomic E-state index is 0.196. The van der Waals surface area contributed by atoms with E-state index in [2.05, 4.69) is 4.98 Å². The van der Waals surface area contributed by atoms with Crippen molar-refractivity contribution in [2.24, 2.45) is 0 Å². The first-order valence-corrected chi connectivity index (χ1v) is 5.15. The van der Waals surface area contributed by atoms with Gasteiger partial charge in [-0.25, -0.2) is 8.78 Å². The fourth-order valence-corrected chi connectivity index (χ4v) is 1.86. The van der Waals surface area contributed by atoms with Gasteiger partial charge in [0.1, 0.15) is 5.69 Å². The molecule has 0 amide bonds. The van der Waals surface area contributed by atoms with Gasteiger partial charge in [0.2, 0.25) is 0 Å². The number of halogens is 3. The molecule has 0 spiro atoms. The summed E-state index contributed by atoms with van der Waals surface area (Å²) < 4.78 is 25.1. The molecule has 1 aromatic heterocycles. The number of rotatable bonds is 3. The zero-order chi connectivity index (χ0) is 11.6. The van der Waals surface area contributed by atoms with Crippen LogP contribution in [-0.2, 0) is 11.2 Å². The minimum atomic E-state index is -2.63. The summed E-state index contributed by atoms with van der Waals surface area (Å²) in [4.78, 5) is 14.2. The van der Waals surface area contributed by atoms with E-state index in [-0.39, 0.29) is 12.1 Å². The lowest BCUT2D eigenvalue weighted by atomic mass is 10.1. The van der Waals surface area contributed by atoms with Gasteiger partial charge in [-0.15, -0.1) is 0 Å². The van der Waals surface area contributed by atoms with Gasteiger partial charge in [-0.2, -0.15) is 0 Å². The van der Waals surface area contributed by atoms with Crippen molar-refractivity contribution in [2.75, 3.05) is 0 Å². The average molecular weight is 327 g/mol. The van der Waals surface area contributed by atoms with Crippen molar-refractivity contribution in [3.05, 3.63) is 26.6 Å². The van der Waals surface area contributed by atoms with Crippen LogP contribution >= 0.6 is 22.6 Å². The molecule has 1 rings (SSSR count). The predicted octanol–water partition coefficient (Wildman–Crippen LogP) is 2.56. The Balaban J connectivity index is 3.13. The van der Waals surface area contributed by atoms with Crippen molar-refractivity contribution >= 4 is 28.6 Å². The second-order valence-electron chi connectivity index (χ2n) is 2.97. The molecule has 0 aromatic carbocycles. The van der Waals surface area contributed by atoms with Crippen LogP contribution in [0.25, 0.3) is 0 Å². The number of aromatic nitrogens is 1. The molecule has 0 saturated heterocycles. The van der Waals surface area contributed by atoms with Gasteiger partial charge < -0.3 is 5.11 Å². The van der Waals surface area contributed by atoms with Gasteiger partial charge in [0, 0.05) is 9.26 Å². The molecule has 1 N–H and O–H groups in total. The molecule has 82 valence electrons. The highest BCUT2D eigenvalue weighted by atomic mass is 127. The molecule has 0 unspecified atom stereocenters. The molecule has 1 aromatic rings. The molecule has 0 bridgehead atoms. The lowest BCUT2D eigenvalue weighted by molar-refractivity contribution is -0.136. The van der Waals surface area contributed by atoms with Crippen LogP contribution in [0.5, 0.6) is 0 Å². The van der Waals surface area contributed by atoms with Gasteiger partial charge in [0.25, 0.3) is 6.43 Å². The van der Waals surface area contributed by atoms with Gasteiger partial charge in [0.15, 0.2) is 0 Å². The van der Waals surface area contributed by atoms with E-state index in [4.69, 9.17) is 5.11 Å². The zero-order valence-electron chi connectivity index (χ0n) is 7.80. The van der Waals surface area contributed by atoms with Crippen LogP contribution in [0.4, 0.5) is 8.78 Å². The van der Waals surface area contributed by atoms with E-state index < -0.39 is 12.4 Å². The van der Waals surface area contributed by atoms with E-state index in [0.29, 0.717) is 14.8 Å². The van der Waals surface area contributed by atoms with E-state index in [0.717, 1.165) is 0 Å². The van der Waals surface area contributed by atoms with E-state index in [1.165, 1.54) is 13.0 Å². The largest absolute Gasteiger partial charge is 0.481 e. The fourth-order valence-electron chi connectivity index (χ4n) is 1.13. The Morgan fingerprint density at radius 2 is 2.27 bits per heavy atom. The van der Waals surface area contributed by atoms with Crippen molar-refractivity contribution in [3.8, 4) is 0 Å². The Kier molecular flexibility index (Phi) is 3.95. The summed E-state index contributed by atoms with van der Waals surface area (Å²) in [5.41, 5.74) is 0.520. The fraction of sp³-hybridized carbons (Fsp3) is 0.333. The molecule has 0 atom stereocenters. The molecule has 0 fully saturated rings. The highest BCUT2D eigenvalue weighted by molar-refractivity contribution is 14.1. The molecular weight excluding hydrogens is 319 g/mol. The number of carboxylic acids is 1. The van der Waals surface area contributed by atoms with Crippen LogP contribution in [0.1, 0.15) is 23.4 Å². The summed E-state index contributed by atoms with van der Waals surface area (Å²) in [5.74, 6) is -1.000. The van der Waals surface area contributed by atoms with E-state index in [1.54, 1.807) is 22.6 Å². The second-order valence-corrected chi connectivity index (χ2v) is 4.13. The number of hydrogen-bond donors (Lipinski definition) is 1. The van der Waals surface area contributed by atoms with Crippen LogP contribution in [0.15, 0.2) is 6.07 Å². The lowest BCUT2D eigenvalue weighted by Gasteiger charge is -2.07. The van der Waals surface area contributed by atoms with Gasteiger partial charge in [0.05, 0.1) is 6.42 Å². The Bertz CT molecular complexity index is 396. The average Bonchev–Trinajstić information content (AvgIpc) is 2.09. The second kappa shape index (κ2) is 4.82. The third kappa shape index (κ3) is 3.08. The van der Waals surface area contributed by atoms with Crippen LogP contribution in [0.3, 0.4) is 0 Å². The number of alkyl halides is 2. The molecule has 0 aliphatic rings. The molecule has 1 heterocycles. The van der Waals surface area contributed by atoms with Crippen molar-refractivity contribution < 1.29 is 18.7 Å². The summed E-state index contributed by atoms with van der Waals surface area (Å²) in [7, 11) is 0. The van der Waals surface area contributed by atoms with Crippen molar-refractivity contribution in [1.82, 2.24) is 4.98 Å². The SMILES string of the molecule is Cc1nc(C(F)F)c(I)cc1CC(=O)O. The number of carboxylic acid groups (broad SMARTS) is 1. The number of pyridine rings is 1. The number of aliphatic carboxylic acids is 1. The minimum Gasteiger partial charge on any atom is -0.481 e. The maximum atomic E-state index is 12.4. The molecule has 0 saturated carbocycles. The summed E-state index contributed by atoms with van der Waals surface area (Å²) in [5, 5.41) is 8.58. The first-order chi connectivity index (χ1) is 6.91. The van der Waals surface area contributed by atoms with E-state index in [9.17, 15) is 13.6 Å². The number of nitrogens with zero attached hydrogens (tertiary/aromatic N) is 1. The molecular formula is C9H8F2INO2. The van der Waals surface area contributed by atoms with Gasteiger partial charge in [-0.3, -0.25) is 9.78 Å². The van der Waals surface area contributed by atoms with Crippen LogP contribution < -0.4 is 0 Å². The molecule has 6 heteroatoms. The Hall–Kier alpha value is -0.790. The Morgan fingerprint density at radius 1 is 1.67 bits per heavy atom. The Morgan fingerprint density at radius 3 is 2.73 bits per heavy atom. The monoisotopic (exact) mass is 327 g/mol. The summed E-state index contributed by atoms with van der Waals surface area (Å²) in [6, 6.07) is 1.44. The van der Waals surface area contributed by atoms with E-state index in [1.807, 2.05) is 0 Å². The van der Waals surface area contributed by atoms with Crippen molar-refractivity contribution in [2.45, 2.75) is 19.8 Å². The number of aryl methyl sites for hydroxylation is 1. The maximum absolute atomic E-state index is 12.4. The normalized spacial score (nSPS) is 10.7. The summed E-state index contributed by atoms with van der Waals surface area (Å²) >= 11 is 1.73. The first-order valence-electron chi connectivity index (χ1n) is 4.07. The molecule has 3 nitrogen and oxygen atoms in total. The van der Waals surface area contributed by atoms with E-state index >= 15 is 0 Å². The van der Waals surface area contributed by atoms with Crippen LogP contribution in [0.2, 0.25) is 0 Å². The maximum Gasteiger partial charge on any atom is 0.307 e. The molecule has 0 aliphatic heterocycles. The lowest BCUT2D eigenvalue weighted by Crippen LogP contribution is -2.06. The third-order valence-corrected chi connectivity index (χ3v) is 2.71. The van der Waals surface area contributed by atoms with Gasteiger partial charge in [-0.05, 0) is 41.1 Å². The number of carbonyl (C=O) groups is 1. The highest BCUT2D eigenvalue weighted by Crippen LogP contribution is 2.24. The highest BCUT2D eigenvalue weighted by Gasteiger charge is 2.16. The zero-order valence-corrected chi connectivity index (χ0v) is 9.96. The molecule has 0 aliphatic carbocycles. The standard InChI is InChI=1S/C9H8F2INO2/c1-4-5(3-7(14)15)2-6(12)8(13-4)9(10)11/h2,9H,3H2,1H3,(H,14,15). The summed E-state index contributed by atoms with van der Waals surface area (Å²) in [6.07, 6.45) is -2.83. The first kappa shape index (κ1) is 12.3. The van der Waals surface area contributed by atoms with Crippen molar-refractivity contribution in [1.29, 1.82) is 0 Å². The summed E-state index contributed by atoms with van der Waals surface area (Å²) in [6.45, 7) is 1.53.